The van der Waals surface area contributed by atoms with Gasteiger partial charge in [0.2, 0.25) is 11.9 Å². The molecule has 0 radical (unpaired) electrons. The van der Waals surface area contributed by atoms with Gasteiger partial charge in [-0.15, -0.1) is 0 Å². The first-order valence-electron chi connectivity index (χ1n) is 5.73. The highest BCUT2D eigenvalue weighted by Crippen LogP contribution is 2.31. The number of carbonyl (C=O) groups excluding carboxylic acids is 1. The van der Waals surface area contributed by atoms with Crippen LogP contribution in [0.3, 0.4) is 0 Å². The quantitative estimate of drug-likeness (QED) is 0.928. The van der Waals surface area contributed by atoms with Gasteiger partial charge in [0.25, 0.3) is 0 Å². The lowest BCUT2D eigenvalue weighted by molar-refractivity contribution is -0.114. The Morgan fingerprint density at radius 2 is 2.11 bits per heavy atom. The Bertz CT molecular complexity index is 608. The molecule has 2 heterocycles. The van der Waals surface area contributed by atoms with Crippen LogP contribution in [0.5, 0.6) is 0 Å². The third kappa shape index (κ3) is 3.05. The highest BCUT2D eigenvalue weighted by molar-refractivity contribution is 7.19. The molecule has 19 heavy (non-hydrogen) atoms. The van der Waals surface area contributed by atoms with Gasteiger partial charge in [-0.3, -0.25) is 4.79 Å². The summed E-state index contributed by atoms with van der Waals surface area (Å²) in [6.07, 6.45) is 1.72. The van der Waals surface area contributed by atoms with E-state index in [0.717, 1.165) is 16.3 Å². The van der Waals surface area contributed by atoms with Crippen molar-refractivity contribution < 1.29 is 4.79 Å². The molecule has 2 aromatic heterocycles. The number of aryl methyl sites for hydroxylation is 1. The number of hydrogen-bond donors (Lipinski definition) is 1. The van der Waals surface area contributed by atoms with Gasteiger partial charge >= 0.3 is 0 Å². The van der Waals surface area contributed by atoms with Crippen LogP contribution in [-0.4, -0.2) is 35.0 Å². The van der Waals surface area contributed by atoms with Crippen LogP contribution in [0.4, 0.5) is 11.1 Å². The third-order valence-corrected chi connectivity index (χ3v) is 3.45. The van der Waals surface area contributed by atoms with Crippen LogP contribution in [0.15, 0.2) is 12.3 Å². The summed E-state index contributed by atoms with van der Waals surface area (Å²) in [5.74, 6) is 0.517. The van der Waals surface area contributed by atoms with Crippen LogP contribution in [0.1, 0.15) is 12.6 Å². The van der Waals surface area contributed by atoms with E-state index in [1.807, 2.05) is 32.0 Å². The summed E-state index contributed by atoms with van der Waals surface area (Å²) in [4.78, 5) is 26.8. The van der Waals surface area contributed by atoms with E-state index >= 15 is 0 Å². The molecule has 100 valence electrons. The second-order valence-electron chi connectivity index (χ2n) is 4.25. The van der Waals surface area contributed by atoms with Crippen molar-refractivity contribution in [2.75, 3.05) is 24.3 Å². The van der Waals surface area contributed by atoms with Gasteiger partial charge in [0.05, 0.1) is 16.3 Å². The SMILES string of the molecule is CC(=O)Nc1nc(C)c(-c2ccnc(N(C)C)n2)s1. The zero-order valence-electron chi connectivity index (χ0n) is 11.3. The van der Waals surface area contributed by atoms with Crippen LogP contribution in [0.25, 0.3) is 10.6 Å². The lowest BCUT2D eigenvalue weighted by Crippen LogP contribution is -2.12. The molecule has 1 N–H and O–H groups in total. The predicted octanol–water partition coefficient (Wildman–Crippen LogP) is 1.93. The number of amides is 1. The number of carbonyl (C=O) groups is 1. The van der Waals surface area contributed by atoms with Crippen molar-refractivity contribution in [3.63, 3.8) is 0 Å². The molecule has 0 aliphatic heterocycles. The molecule has 0 aromatic carbocycles. The van der Waals surface area contributed by atoms with Gasteiger partial charge in [0.1, 0.15) is 0 Å². The minimum atomic E-state index is -0.128. The molecule has 0 bridgehead atoms. The monoisotopic (exact) mass is 277 g/mol. The number of hydrogen-bond acceptors (Lipinski definition) is 6. The summed E-state index contributed by atoms with van der Waals surface area (Å²) in [6, 6.07) is 1.84. The Morgan fingerprint density at radius 1 is 1.37 bits per heavy atom. The van der Waals surface area contributed by atoms with E-state index < -0.39 is 0 Å². The fourth-order valence-electron chi connectivity index (χ4n) is 1.53. The molecule has 0 atom stereocenters. The number of nitrogens with zero attached hydrogens (tertiary/aromatic N) is 4. The summed E-state index contributed by atoms with van der Waals surface area (Å²) in [6.45, 7) is 3.36. The fraction of sp³-hybridized carbons (Fsp3) is 0.333. The van der Waals surface area contributed by atoms with Gasteiger partial charge in [-0.2, -0.15) is 0 Å². The van der Waals surface area contributed by atoms with E-state index in [0.29, 0.717) is 11.1 Å². The minimum Gasteiger partial charge on any atom is -0.347 e. The lowest BCUT2D eigenvalue weighted by atomic mass is 10.3. The largest absolute Gasteiger partial charge is 0.347 e. The molecule has 7 heteroatoms. The molecule has 0 aliphatic carbocycles. The molecule has 6 nitrogen and oxygen atoms in total. The van der Waals surface area contributed by atoms with Crippen molar-refractivity contribution in [2.24, 2.45) is 0 Å². The normalized spacial score (nSPS) is 10.3. The highest BCUT2D eigenvalue weighted by atomic mass is 32.1. The Labute approximate surface area is 115 Å². The maximum Gasteiger partial charge on any atom is 0.225 e. The van der Waals surface area contributed by atoms with Crippen LogP contribution in [0, 0.1) is 6.92 Å². The molecule has 0 saturated heterocycles. The first-order chi connectivity index (χ1) is 8.97. The lowest BCUT2D eigenvalue weighted by Gasteiger charge is -2.10. The van der Waals surface area contributed by atoms with Crippen molar-refractivity contribution in [3.05, 3.63) is 18.0 Å². The Hall–Kier alpha value is -2.02. The summed E-state index contributed by atoms with van der Waals surface area (Å²) < 4.78 is 0. The van der Waals surface area contributed by atoms with E-state index in [1.165, 1.54) is 18.3 Å². The zero-order chi connectivity index (χ0) is 14.0. The topological polar surface area (TPSA) is 71.0 Å². The number of nitrogens with one attached hydrogen (secondary N) is 1. The average molecular weight is 277 g/mol. The molecule has 2 aromatic rings. The van der Waals surface area contributed by atoms with E-state index in [4.69, 9.17) is 0 Å². The highest BCUT2D eigenvalue weighted by Gasteiger charge is 2.13. The number of thiazole rings is 1. The maximum atomic E-state index is 11.0. The number of anilines is 2. The number of rotatable bonds is 3. The van der Waals surface area contributed by atoms with Crippen LogP contribution in [0.2, 0.25) is 0 Å². The molecule has 2 rings (SSSR count). The summed E-state index contributed by atoms with van der Waals surface area (Å²) in [5, 5.41) is 3.28. The van der Waals surface area contributed by atoms with Crippen molar-refractivity contribution in [1.82, 2.24) is 15.0 Å². The second-order valence-corrected chi connectivity index (χ2v) is 5.25. The molecule has 0 fully saturated rings. The van der Waals surface area contributed by atoms with Gasteiger partial charge in [-0.25, -0.2) is 15.0 Å². The third-order valence-electron chi connectivity index (χ3n) is 2.36. The Balaban J connectivity index is 2.38. The first-order valence-corrected chi connectivity index (χ1v) is 6.55. The molecule has 0 saturated carbocycles. The second kappa shape index (κ2) is 5.31. The smallest absolute Gasteiger partial charge is 0.225 e. The van der Waals surface area contributed by atoms with E-state index in [1.54, 1.807) is 6.20 Å². The fourth-order valence-corrected chi connectivity index (χ4v) is 2.51. The van der Waals surface area contributed by atoms with Crippen LogP contribution < -0.4 is 10.2 Å². The molecular formula is C12H15N5OS. The minimum absolute atomic E-state index is 0.128. The summed E-state index contributed by atoms with van der Waals surface area (Å²) in [5.41, 5.74) is 1.66. The Morgan fingerprint density at radius 3 is 2.74 bits per heavy atom. The van der Waals surface area contributed by atoms with Crippen molar-refractivity contribution >= 4 is 28.3 Å². The van der Waals surface area contributed by atoms with E-state index in [2.05, 4.69) is 20.3 Å². The van der Waals surface area contributed by atoms with E-state index in [-0.39, 0.29) is 5.91 Å². The molecule has 0 spiro atoms. The van der Waals surface area contributed by atoms with Crippen LogP contribution >= 0.6 is 11.3 Å². The molecular weight excluding hydrogens is 262 g/mol. The van der Waals surface area contributed by atoms with E-state index in [9.17, 15) is 4.79 Å². The van der Waals surface area contributed by atoms with Gasteiger partial charge in [0, 0.05) is 27.2 Å². The van der Waals surface area contributed by atoms with Gasteiger partial charge in [-0.1, -0.05) is 11.3 Å². The summed E-state index contributed by atoms with van der Waals surface area (Å²) >= 11 is 1.41. The first kappa shape index (κ1) is 13.4. The summed E-state index contributed by atoms with van der Waals surface area (Å²) in [7, 11) is 3.78. The standard InChI is InChI=1S/C12H15N5OS/c1-7-10(19-12(14-7)15-8(2)18)9-5-6-13-11(16-9)17(3)4/h5-6H,1-4H3,(H,14,15,18). The van der Waals surface area contributed by atoms with Crippen LogP contribution in [-0.2, 0) is 4.79 Å². The molecule has 0 aliphatic rings. The van der Waals surface area contributed by atoms with Crippen molar-refractivity contribution in [1.29, 1.82) is 0 Å². The van der Waals surface area contributed by atoms with Crippen molar-refractivity contribution in [3.8, 4) is 10.6 Å². The van der Waals surface area contributed by atoms with Gasteiger partial charge in [-0.05, 0) is 13.0 Å². The van der Waals surface area contributed by atoms with Gasteiger partial charge < -0.3 is 10.2 Å². The predicted molar refractivity (Wildman–Crippen MR) is 76.5 cm³/mol. The molecule has 1 amide bonds. The Kier molecular flexibility index (Phi) is 3.75. The number of aromatic nitrogens is 3. The van der Waals surface area contributed by atoms with Crippen molar-refractivity contribution in [2.45, 2.75) is 13.8 Å². The molecule has 0 unspecified atom stereocenters. The van der Waals surface area contributed by atoms with Gasteiger partial charge in [0.15, 0.2) is 5.13 Å². The average Bonchev–Trinajstić information content (AvgIpc) is 2.69. The zero-order valence-corrected chi connectivity index (χ0v) is 12.1. The maximum absolute atomic E-state index is 11.0.